The van der Waals surface area contributed by atoms with Crippen LogP contribution in [0.2, 0.25) is 5.02 Å². The second-order valence-electron chi connectivity index (χ2n) is 9.41. The number of amides is 1. The standard InChI is InChI=1S/C24H24ClF2N5O3/c25-13-9-28-23-18-11-30(12-20(18)29-32(23)10-13)24(34)17-2-1-14(26)5-22(17)35-16-6-15-7-19(27)21(8-16)31(15)3-4-33/h1-2,5,9-10,15-16,19,21,33H,3-4,6-8,11-12H2/t15?,16-,19?,21?/m0/s1. The highest BCUT2D eigenvalue weighted by Gasteiger charge is 2.47. The van der Waals surface area contributed by atoms with Crippen LogP contribution in [0.25, 0.3) is 5.65 Å². The average Bonchev–Trinajstić information content (AvgIpc) is 3.42. The first-order valence-corrected chi connectivity index (χ1v) is 12.1. The maximum Gasteiger partial charge on any atom is 0.258 e. The number of aliphatic hydroxyl groups excluding tert-OH is 1. The van der Waals surface area contributed by atoms with Crippen LogP contribution in [0.15, 0.2) is 30.6 Å². The molecule has 0 saturated carbocycles. The van der Waals surface area contributed by atoms with Gasteiger partial charge in [0.25, 0.3) is 5.91 Å². The van der Waals surface area contributed by atoms with Crippen molar-refractivity contribution in [3.63, 3.8) is 0 Å². The lowest BCUT2D eigenvalue weighted by molar-refractivity contribution is 0.0284. The van der Waals surface area contributed by atoms with E-state index in [-0.39, 0.29) is 42.0 Å². The van der Waals surface area contributed by atoms with E-state index in [1.165, 1.54) is 24.4 Å². The van der Waals surface area contributed by atoms with Gasteiger partial charge in [0.1, 0.15) is 23.8 Å². The van der Waals surface area contributed by atoms with Gasteiger partial charge in [0, 0.05) is 49.3 Å². The summed E-state index contributed by atoms with van der Waals surface area (Å²) >= 11 is 6.00. The van der Waals surface area contributed by atoms with Crippen LogP contribution in [0.5, 0.6) is 5.75 Å². The molecule has 35 heavy (non-hydrogen) atoms. The predicted molar refractivity (Wildman–Crippen MR) is 123 cm³/mol. The number of fused-ring (bicyclic) bond motifs is 5. The third kappa shape index (κ3) is 3.93. The number of hydrogen-bond donors (Lipinski definition) is 1. The van der Waals surface area contributed by atoms with E-state index in [1.54, 1.807) is 15.6 Å². The van der Waals surface area contributed by atoms with E-state index < -0.39 is 12.0 Å². The Morgan fingerprint density at radius 3 is 2.91 bits per heavy atom. The second kappa shape index (κ2) is 8.69. The Morgan fingerprint density at radius 2 is 2.11 bits per heavy atom. The summed E-state index contributed by atoms with van der Waals surface area (Å²) in [5, 5.41) is 14.3. The first kappa shape index (κ1) is 22.6. The summed E-state index contributed by atoms with van der Waals surface area (Å²) in [5.74, 6) is -0.646. The van der Waals surface area contributed by atoms with Crippen molar-refractivity contribution in [2.45, 2.75) is 56.7 Å². The van der Waals surface area contributed by atoms with Crippen molar-refractivity contribution in [1.82, 2.24) is 24.4 Å². The molecule has 4 atom stereocenters. The largest absolute Gasteiger partial charge is 0.489 e. The lowest BCUT2D eigenvalue weighted by atomic mass is 9.99. The van der Waals surface area contributed by atoms with Gasteiger partial charge in [-0.3, -0.25) is 9.69 Å². The molecule has 3 aromatic rings. The number of ether oxygens (including phenoxy) is 1. The number of aliphatic hydroxyl groups is 1. The molecule has 2 aromatic heterocycles. The summed E-state index contributed by atoms with van der Waals surface area (Å²) in [4.78, 5) is 21.4. The molecule has 184 valence electrons. The van der Waals surface area contributed by atoms with Gasteiger partial charge in [0.2, 0.25) is 0 Å². The molecule has 1 aromatic carbocycles. The zero-order valence-corrected chi connectivity index (χ0v) is 19.5. The van der Waals surface area contributed by atoms with E-state index in [0.29, 0.717) is 49.6 Å². The van der Waals surface area contributed by atoms with Gasteiger partial charge >= 0.3 is 0 Å². The monoisotopic (exact) mass is 503 g/mol. The van der Waals surface area contributed by atoms with E-state index in [4.69, 9.17) is 16.3 Å². The van der Waals surface area contributed by atoms with Gasteiger partial charge in [-0.05, 0) is 18.6 Å². The van der Waals surface area contributed by atoms with Crippen LogP contribution in [0.1, 0.15) is 40.9 Å². The van der Waals surface area contributed by atoms with Crippen molar-refractivity contribution in [2.24, 2.45) is 0 Å². The van der Waals surface area contributed by atoms with Crippen LogP contribution >= 0.6 is 11.6 Å². The second-order valence-corrected chi connectivity index (χ2v) is 9.85. The number of nitrogens with zero attached hydrogens (tertiary/aromatic N) is 5. The van der Waals surface area contributed by atoms with Gasteiger partial charge in [-0.15, -0.1) is 0 Å². The maximum atomic E-state index is 14.6. The number of carbonyl (C=O) groups is 1. The van der Waals surface area contributed by atoms with Gasteiger partial charge in [-0.1, -0.05) is 11.6 Å². The Hall–Kier alpha value is -2.82. The molecule has 1 amide bonds. The van der Waals surface area contributed by atoms with Gasteiger partial charge < -0.3 is 14.7 Å². The van der Waals surface area contributed by atoms with Gasteiger partial charge in [-0.25, -0.2) is 18.3 Å². The van der Waals surface area contributed by atoms with Gasteiger partial charge in [-0.2, -0.15) is 5.10 Å². The number of carbonyl (C=O) groups excluding carboxylic acids is 1. The SMILES string of the molecule is O=C(c1ccc(F)cc1O[C@H]1CC2CC(F)C(C1)N2CCO)N1Cc2nn3cc(Cl)cnc3c2C1. The summed E-state index contributed by atoms with van der Waals surface area (Å²) in [6.45, 7) is 1.00. The molecule has 5 heterocycles. The maximum absolute atomic E-state index is 14.6. The first-order chi connectivity index (χ1) is 16.9. The lowest BCUT2D eigenvalue weighted by Gasteiger charge is -2.38. The normalized spacial score (nSPS) is 25.9. The minimum atomic E-state index is -0.986. The highest BCUT2D eigenvalue weighted by atomic mass is 35.5. The molecule has 2 saturated heterocycles. The smallest absolute Gasteiger partial charge is 0.258 e. The Bertz CT molecular complexity index is 1300. The zero-order chi connectivity index (χ0) is 24.3. The van der Waals surface area contributed by atoms with E-state index in [2.05, 4.69) is 10.1 Å². The first-order valence-electron chi connectivity index (χ1n) is 11.7. The molecule has 2 fully saturated rings. The molecule has 11 heteroatoms. The molecule has 6 rings (SSSR count). The molecule has 3 aliphatic heterocycles. The van der Waals surface area contributed by atoms with E-state index in [0.717, 1.165) is 11.3 Å². The Labute approximate surface area is 205 Å². The number of benzene rings is 1. The molecule has 0 radical (unpaired) electrons. The quantitative estimate of drug-likeness (QED) is 0.576. The van der Waals surface area contributed by atoms with Crippen molar-refractivity contribution >= 4 is 23.2 Å². The van der Waals surface area contributed by atoms with Crippen LogP contribution < -0.4 is 4.74 Å². The number of rotatable bonds is 5. The molecule has 8 nitrogen and oxygen atoms in total. The molecule has 0 spiro atoms. The predicted octanol–water partition coefficient (Wildman–Crippen LogP) is 2.99. The zero-order valence-electron chi connectivity index (χ0n) is 18.8. The van der Waals surface area contributed by atoms with Gasteiger partial charge in [0.05, 0.1) is 42.2 Å². The summed E-state index contributed by atoms with van der Waals surface area (Å²) in [7, 11) is 0. The highest BCUT2D eigenvalue weighted by molar-refractivity contribution is 6.30. The van der Waals surface area contributed by atoms with Crippen LogP contribution in [0, 0.1) is 5.82 Å². The molecule has 2 bridgehead atoms. The third-order valence-corrected chi connectivity index (χ3v) is 7.47. The molecular formula is C24H24ClF2N5O3. The van der Waals surface area contributed by atoms with E-state index in [9.17, 15) is 18.7 Å². The van der Waals surface area contributed by atoms with Gasteiger partial charge in [0.15, 0.2) is 5.65 Å². The number of halogens is 3. The fraction of sp³-hybridized carbons (Fsp3) is 0.458. The number of piperidine rings is 1. The fourth-order valence-electron chi connectivity index (χ4n) is 5.76. The number of aromatic nitrogens is 3. The van der Waals surface area contributed by atoms with Crippen LogP contribution in [0.4, 0.5) is 8.78 Å². The minimum absolute atomic E-state index is 0.0283. The van der Waals surface area contributed by atoms with Crippen molar-refractivity contribution < 1.29 is 23.4 Å². The van der Waals surface area contributed by atoms with Crippen molar-refractivity contribution in [3.8, 4) is 5.75 Å². The Balaban J connectivity index is 1.22. The highest BCUT2D eigenvalue weighted by Crippen LogP contribution is 2.39. The minimum Gasteiger partial charge on any atom is -0.489 e. The summed E-state index contributed by atoms with van der Waals surface area (Å²) in [5.41, 5.74) is 2.48. The molecule has 3 unspecified atom stereocenters. The third-order valence-electron chi connectivity index (χ3n) is 7.27. The molecule has 3 aliphatic rings. The lowest BCUT2D eigenvalue weighted by Crippen LogP contribution is -2.48. The van der Waals surface area contributed by atoms with Crippen LogP contribution in [-0.4, -0.2) is 72.9 Å². The number of alkyl halides is 1. The summed E-state index contributed by atoms with van der Waals surface area (Å²) in [6.07, 6.45) is 3.25. The van der Waals surface area contributed by atoms with Crippen LogP contribution in [0.3, 0.4) is 0 Å². The van der Waals surface area contributed by atoms with E-state index >= 15 is 0 Å². The fourth-order valence-corrected chi connectivity index (χ4v) is 5.90. The van der Waals surface area contributed by atoms with E-state index in [1.807, 2.05) is 4.90 Å². The average molecular weight is 504 g/mol. The van der Waals surface area contributed by atoms with Crippen LogP contribution in [-0.2, 0) is 13.1 Å². The Morgan fingerprint density at radius 1 is 1.26 bits per heavy atom. The summed E-state index contributed by atoms with van der Waals surface area (Å²) in [6, 6.07) is 3.51. The number of hydrogen-bond acceptors (Lipinski definition) is 6. The molecule has 1 N–H and O–H groups in total. The molecule has 0 aliphatic carbocycles. The molecular weight excluding hydrogens is 480 g/mol. The summed E-state index contributed by atoms with van der Waals surface area (Å²) < 4.78 is 36.5. The van der Waals surface area contributed by atoms with Crippen molar-refractivity contribution in [2.75, 3.05) is 13.2 Å². The van der Waals surface area contributed by atoms with Crippen molar-refractivity contribution in [3.05, 3.63) is 58.3 Å². The Kier molecular flexibility index (Phi) is 5.62. The topological polar surface area (TPSA) is 83.2 Å². The van der Waals surface area contributed by atoms with Crippen molar-refractivity contribution in [1.29, 1.82) is 0 Å².